The van der Waals surface area contributed by atoms with Crippen LogP contribution in [0, 0.1) is 0 Å². The van der Waals surface area contributed by atoms with Crippen molar-refractivity contribution in [3.05, 3.63) is 33.8 Å². The third-order valence-electron chi connectivity index (χ3n) is 2.36. The molecule has 0 atom stereocenters. The van der Waals surface area contributed by atoms with E-state index in [1.165, 1.54) is 0 Å². The van der Waals surface area contributed by atoms with E-state index in [0.717, 1.165) is 6.42 Å². The number of ether oxygens (including phenoxy) is 2. The van der Waals surface area contributed by atoms with Crippen LogP contribution in [0.25, 0.3) is 0 Å². The van der Waals surface area contributed by atoms with Crippen molar-refractivity contribution in [1.82, 2.24) is 5.32 Å². The van der Waals surface area contributed by atoms with Crippen LogP contribution in [0.4, 0.5) is 0 Å². The Labute approximate surface area is 123 Å². The molecule has 0 radical (unpaired) electrons. The Balaban J connectivity index is 2.22. The number of hydrogen-bond acceptors (Lipinski definition) is 3. The predicted octanol–water partition coefficient (Wildman–Crippen LogP) is 2.78. The number of rotatable bonds is 8. The van der Waals surface area contributed by atoms with Gasteiger partial charge in [0.2, 0.25) is 0 Å². The summed E-state index contributed by atoms with van der Waals surface area (Å²) in [6.45, 7) is 2.28. The molecule has 4 nitrogen and oxygen atoms in total. The second-order valence-electron chi connectivity index (χ2n) is 3.84. The molecule has 106 valence electrons. The zero-order chi connectivity index (χ0) is 14.1. The van der Waals surface area contributed by atoms with Gasteiger partial charge in [0.25, 0.3) is 5.91 Å². The maximum atomic E-state index is 11.8. The highest BCUT2D eigenvalue weighted by Gasteiger charge is 2.07. The van der Waals surface area contributed by atoms with E-state index < -0.39 is 0 Å². The van der Waals surface area contributed by atoms with Crippen LogP contribution in [0.1, 0.15) is 16.8 Å². The highest BCUT2D eigenvalue weighted by molar-refractivity contribution is 6.42. The number of amides is 1. The number of benzene rings is 1. The van der Waals surface area contributed by atoms with Crippen molar-refractivity contribution >= 4 is 29.1 Å². The highest BCUT2D eigenvalue weighted by atomic mass is 35.5. The van der Waals surface area contributed by atoms with Gasteiger partial charge >= 0.3 is 0 Å². The number of carbonyl (C=O) groups is 1. The second-order valence-corrected chi connectivity index (χ2v) is 4.66. The smallest absolute Gasteiger partial charge is 0.251 e. The van der Waals surface area contributed by atoms with Crippen molar-refractivity contribution in [1.29, 1.82) is 0 Å². The number of nitrogens with one attached hydrogen (secondary N) is 1. The summed E-state index contributed by atoms with van der Waals surface area (Å²) in [6, 6.07) is 4.79. The molecule has 0 heterocycles. The van der Waals surface area contributed by atoms with Crippen LogP contribution in [0.5, 0.6) is 0 Å². The fraction of sp³-hybridized carbons (Fsp3) is 0.462. The van der Waals surface area contributed by atoms with Crippen molar-refractivity contribution in [3.63, 3.8) is 0 Å². The largest absolute Gasteiger partial charge is 0.382 e. The molecule has 6 heteroatoms. The number of halogens is 2. The van der Waals surface area contributed by atoms with E-state index >= 15 is 0 Å². The van der Waals surface area contributed by atoms with Crippen LogP contribution in [0.15, 0.2) is 18.2 Å². The Morgan fingerprint density at radius 2 is 2.00 bits per heavy atom. The fourth-order valence-electron chi connectivity index (χ4n) is 1.36. The van der Waals surface area contributed by atoms with E-state index in [9.17, 15) is 4.79 Å². The molecule has 19 heavy (non-hydrogen) atoms. The molecule has 0 unspecified atom stereocenters. The van der Waals surface area contributed by atoms with Gasteiger partial charge in [0, 0.05) is 25.8 Å². The van der Waals surface area contributed by atoms with Crippen LogP contribution in [0.3, 0.4) is 0 Å². The lowest BCUT2D eigenvalue weighted by Crippen LogP contribution is -2.25. The van der Waals surface area contributed by atoms with E-state index in [1.54, 1.807) is 25.3 Å². The van der Waals surface area contributed by atoms with E-state index in [-0.39, 0.29) is 5.91 Å². The van der Waals surface area contributed by atoms with Gasteiger partial charge in [0.15, 0.2) is 0 Å². The summed E-state index contributed by atoms with van der Waals surface area (Å²) in [5.41, 5.74) is 0.495. The molecule has 0 aromatic heterocycles. The molecule has 1 aromatic carbocycles. The summed E-state index contributed by atoms with van der Waals surface area (Å²) < 4.78 is 10.1. The molecule has 0 fully saturated rings. The molecule has 1 amide bonds. The van der Waals surface area contributed by atoms with Crippen molar-refractivity contribution in [3.8, 4) is 0 Å². The minimum Gasteiger partial charge on any atom is -0.382 e. The molecular weight excluding hydrogens is 289 g/mol. The van der Waals surface area contributed by atoms with Crippen molar-refractivity contribution in [2.24, 2.45) is 0 Å². The average molecular weight is 306 g/mol. The van der Waals surface area contributed by atoms with Gasteiger partial charge < -0.3 is 14.8 Å². The maximum Gasteiger partial charge on any atom is 0.251 e. The Morgan fingerprint density at radius 3 is 2.68 bits per heavy atom. The molecule has 0 saturated carbocycles. The minimum absolute atomic E-state index is 0.171. The van der Waals surface area contributed by atoms with E-state index in [2.05, 4.69) is 5.32 Å². The third kappa shape index (κ3) is 6.25. The lowest BCUT2D eigenvalue weighted by molar-refractivity contribution is 0.0688. The summed E-state index contributed by atoms with van der Waals surface area (Å²) in [5, 5.41) is 3.59. The first-order chi connectivity index (χ1) is 9.15. The van der Waals surface area contributed by atoms with Crippen LogP contribution in [-0.4, -0.2) is 39.4 Å². The Bertz CT molecular complexity index is 413. The fourth-order valence-corrected chi connectivity index (χ4v) is 1.66. The normalized spacial score (nSPS) is 10.5. The van der Waals surface area contributed by atoms with Gasteiger partial charge in [-0.15, -0.1) is 0 Å². The Morgan fingerprint density at radius 1 is 1.21 bits per heavy atom. The molecule has 0 bridgehead atoms. The van der Waals surface area contributed by atoms with Crippen LogP contribution in [-0.2, 0) is 9.47 Å². The molecule has 1 rings (SSSR count). The average Bonchev–Trinajstić information content (AvgIpc) is 2.40. The van der Waals surface area contributed by atoms with Crippen LogP contribution in [0.2, 0.25) is 10.0 Å². The molecule has 0 spiro atoms. The molecule has 1 N–H and O–H groups in total. The second kappa shape index (κ2) is 9.15. The Hall–Kier alpha value is -0.810. The van der Waals surface area contributed by atoms with E-state index in [1.807, 2.05) is 0 Å². The van der Waals surface area contributed by atoms with Gasteiger partial charge in [-0.3, -0.25) is 4.79 Å². The highest BCUT2D eigenvalue weighted by Crippen LogP contribution is 2.22. The van der Waals surface area contributed by atoms with Gasteiger partial charge in [0.05, 0.1) is 23.3 Å². The Kier molecular flexibility index (Phi) is 7.82. The van der Waals surface area contributed by atoms with Crippen molar-refractivity contribution in [2.45, 2.75) is 6.42 Å². The molecule has 0 aliphatic heterocycles. The third-order valence-corrected chi connectivity index (χ3v) is 3.10. The van der Waals surface area contributed by atoms with E-state index in [0.29, 0.717) is 42.0 Å². The predicted molar refractivity (Wildman–Crippen MR) is 76.1 cm³/mol. The monoisotopic (exact) mass is 305 g/mol. The van der Waals surface area contributed by atoms with E-state index in [4.69, 9.17) is 32.7 Å². The first-order valence-electron chi connectivity index (χ1n) is 5.95. The molecule has 0 aliphatic rings. The number of carbonyl (C=O) groups excluding carboxylic acids is 1. The quantitative estimate of drug-likeness (QED) is 0.751. The summed E-state index contributed by atoms with van der Waals surface area (Å²) in [6.07, 6.45) is 0.747. The molecule has 0 aliphatic carbocycles. The summed E-state index contributed by atoms with van der Waals surface area (Å²) in [5.74, 6) is -0.171. The summed E-state index contributed by atoms with van der Waals surface area (Å²) >= 11 is 11.6. The van der Waals surface area contributed by atoms with Gasteiger partial charge in [-0.2, -0.15) is 0 Å². The summed E-state index contributed by atoms with van der Waals surface area (Å²) in [4.78, 5) is 11.8. The van der Waals surface area contributed by atoms with Crippen LogP contribution < -0.4 is 5.32 Å². The summed E-state index contributed by atoms with van der Waals surface area (Å²) in [7, 11) is 1.63. The molecular formula is C13H17Cl2NO3. The first kappa shape index (κ1) is 16.2. The lowest BCUT2D eigenvalue weighted by Gasteiger charge is -2.06. The number of methoxy groups -OCH3 is 1. The standard InChI is InChI=1S/C13H17Cl2NO3/c1-18-7-8-19-6-2-5-16-13(17)10-3-4-11(14)12(15)9-10/h3-4,9H,2,5-8H2,1H3,(H,16,17). The van der Waals surface area contributed by atoms with Gasteiger partial charge in [-0.05, 0) is 24.6 Å². The van der Waals surface area contributed by atoms with Crippen LogP contribution >= 0.6 is 23.2 Å². The molecule has 0 saturated heterocycles. The van der Waals surface area contributed by atoms with Gasteiger partial charge in [-0.25, -0.2) is 0 Å². The topological polar surface area (TPSA) is 47.6 Å². The number of hydrogen-bond donors (Lipinski definition) is 1. The lowest BCUT2D eigenvalue weighted by atomic mass is 10.2. The molecule has 1 aromatic rings. The van der Waals surface area contributed by atoms with Gasteiger partial charge in [-0.1, -0.05) is 23.2 Å². The first-order valence-corrected chi connectivity index (χ1v) is 6.70. The van der Waals surface area contributed by atoms with Crippen molar-refractivity contribution in [2.75, 3.05) is 33.5 Å². The maximum absolute atomic E-state index is 11.8. The van der Waals surface area contributed by atoms with Crippen molar-refractivity contribution < 1.29 is 14.3 Å². The minimum atomic E-state index is -0.171. The zero-order valence-corrected chi connectivity index (χ0v) is 12.3. The SMILES string of the molecule is COCCOCCCNC(=O)c1ccc(Cl)c(Cl)c1. The zero-order valence-electron chi connectivity index (χ0n) is 10.7. The van der Waals surface area contributed by atoms with Gasteiger partial charge in [0.1, 0.15) is 0 Å².